The molecule has 1 aromatic rings. The highest BCUT2D eigenvalue weighted by molar-refractivity contribution is 7.99. The molecule has 0 unspecified atom stereocenters. The standard InChI is InChI=1S/C18H26N2O3S2/c1-2-24-17-6-4-3-5-16(17)18(21)20-11-9-19(10-12-20)15-7-13-25(22,23)14-8-15/h3-6,15H,2,7-14H2,1H3. The molecule has 138 valence electrons. The Bertz CT molecular complexity index is 699. The van der Waals surface area contributed by atoms with Gasteiger partial charge in [-0.05, 0) is 30.7 Å². The van der Waals surface area contributed by atoms with Crippen molar-refractivity contribution in [2.45, 2.75) is 30.7 Å². The van der Waals surface area contributed by atoms with Crippen molar-refractivity contribution < 1.29 is 13.2 Å². The number of sulfone groups is 1. The number of hydrogen-bond donors (Lipinski definition) is 0. The van der Waals surface area contributed by atoms with Crippen molar-refractivity contribution in [1.29, 1.82) is 0 Å². The lowest BCUT2D eigenvalue weighted by molar-refractivity contribution is 0.0555. The number of carbonyl (C=O) groups is 1. The maximum Gasteiger partial charge on any atom is 0.255 e. The predicted octanol–water partition coefficient (Wildman–Crippen LogP) is 2.13. The third kappa shape index (κ3) is 4.57. The Labute approximate surface area is 154 Å². The van der Waals surface area contributed by atoms with Crippen LogP contribution in [0, 0.1) is 0 Å². The van der Waals surface area contributed by atoms with E-state index in [9.17, 15) is 13.2 Å². The van der Waals surface area contributed by atoms with Crippen LogP contribution >= 0.6 is 11.8 Å². The van der Waals surface area contributed by atoms with Gasteiger partial charge in [-0.15, -0.1) is 11.8 Å². The van der Waals surface area contributed by atoms with Crippen LogP contribution in [-0.2, 0) is 9.84 Å². The number of hydrogen-bond acceptors (Lipinski definition) is 5. The van der Waals surface area contributed by atoms with Gasteiger partial charge in [-0.1, -0.05) is 19.1 Å². The van der Waals surface area contributed by atoms with Crippen molar-refractivity contribution in [3.63, 3.8) is 0 Å². The minimum atomic E-state index is -2.82. The second-order valence-electron chi connectivity index (χ2n) is 6.64. The number of thioether (sulfide) groups is 1. The van der Waals surface area contributed by atoms with Gasteiger partial charge in [-0.2, -0.15) is 0 Å². The topological polar surface area (TPSA) is 57.7 Å². The van der Waals surface area contributed by atoms with Gasteiger partial charge in [0.25, 0.3) is 5.91 Å². The van der Waals surface area contributed by atoms with Crippen molar-refractivity contribution in [3.8, 4) is 0 Å². The molecular formula is C18H26N2O3S2. The molecule has 2 fully saturated rings. The summed E-state index contributed by atoms with van der Waals surface area (Å²) in [4.78, 5) is 18.2. The predicted molar refractivity (Wildman–Crippen MR) is 102 cm³/mol. The third-order valence-electron chi connectivity index (χ3n) is 5.06. The number of piperazine rings is 1. The summed E-state index contributed by atoms with van der Waals surface area (Å²) < 4.78 is 23.2. The fourth-order valence-corrected chi connectivity index (χ4v) is 5.89. The van der Waals surface area contributed by atoms with E-state index in [2.05, 4.69) is 11.8 Å². The summed E-state index contributed by atoms with van der Waals surface area (Å²) in [6.45, 7) is 5.19. The molecule has 0 radical (unpaired) electrons. The first-order valence-corrected chi connectivity index (χ1v) is 11.8. The molecule has 0 bridgehead atoms. The molecule has 0 atom stereocenters. The fraction of sp³-hybridized carbons (Fsp3) is 0.611. The Morgan fingerprint density at radius 2 is 1.76 bits per heavy atom. The highest BCUT2D eigenvalue weighted by atomic mass is 32.2. The molecule has 3 rings (SSSR count). The first-order chi connectivity index (χ1) is 12.0. The molecule has 1 amide bonds. The normalized spacial score (nSPS) is 22.0. The molecule has 0 aliphatic carbocycles. The SMILES string of the molecule is CCSc1ccccc1C(=O)N1CCN(C2CCS(=O)(=O)CC2)CC1. The minimum Gasteiger partial charge on any atom is -0.336 e. The number of nitrogens with zero attached hydrogens (tertiary/aromatic N) is 2. The Morgan fingerprint density at radius 1 is 1.12 bits per heavy atom. The van der Waals surface area contributed by atoms with Gasteiger partial charge >= 0.3 is 0 Å². The van der Waals surface area contributed by atoms with Crippen LogP contribution in [0.2, 0.25) is 0 Å². The van der Waals surface area contributed by atoms with E-state index in [-0.39, 0.29) is 5.91 Å². The van der Waals surface area contributed by atoms with Crippen LogP contribution in [-0.4, -0.2) is 73.6 Å². The lowest BCUT2D eigenvalue weighted by atomic mass is 10.1. The Hall–Kier alpha value is -1.05. The molecule has 1 aromatic carbocycles. The first-order valence-electron chi connectivity index (χ1n) is 8.96. The summed E-state index contributed by atoms with van der Waals surface area (Å²) in [6.07, 6.45) is 1.46. The molecule has 7 heteroatoms. The van der Waals surface area contributed by atoms with Gasteiger partial charge in [-0.25, -0.2) is 8.42 Å². The average Bonchev–Trinajstić information content (AvgIpc) is 2.62. The van der Waals surface area contributed by atoms with Crippen LogP contribution in [0.5, 0.6) is 0 Å². The molecule has 2 heterocycles. The highest BCUT2D eigenvalue weighted by Crippen LogP contribution is 2.25. The van der Waals surface area contributed by atoms with Gasteiger partial charge in [0.1, 0.15) is 9.84 Å². The van der Waals surface area contributed by atoms with Gasteiger partial charge in [0, 0.05) is 37.1 Å². The van der Waals surface area contributed by atoms with Gasteiger partial charge < -0.3 is 4.90 Å². The first kappa shape index (κ1) is 18.7. The van der Waals surface area contributed by atoms with Gasteiger partial charge in [0.2, 0.25) is 0 Å². The summed E-state index contributed by atoms with van der Waals surface area (Å²) in [5.41, 5.74) is 0.798. The van der Waals surface area contributed by atoms with E-state index < -0.39 is 9.84 Å². The zero-order valence-electron chi connectivity index (χ0n) is 14.7. The summed E-state index contributed by atoms with van der Waals surface area (Å²) in [6, 6.07) is 8.18. The van der Waals surface area contributed by atoms with Gasteiger partial charge in [-0.3, -0.25) is 9.69 Å². The van der Waals surface area contributed by atoms with E-state index in [4.69, 9.17) is 0 Å². The van der Waals surface area contributed by atoms with Gasteiger partial charge in [0.15, 0.2) is 0 Å². The Balaban J connectivity index is 1.58. The minimum absolute atomic E-state index is 0.113. The number of benzene rings is 1. The van der Waals surface area contributed by atoms with Crippen molar-refractivity contribution in [2.75, 3.05) is 43.4 Å². The molecule has 0 saturated carbocycles. The van der Waals surface area contributed by atoms with Gasteiger partial charge in [0.05, 0.1) is 17.1 Å². The summed E-state index contributed by atoms with van der Waals surface area (Å²) in [5, 5.41) is 0. The Kier molecular flexibility index (Phi) is 6.07. The average molecular weight is 383 g/mol. The van der Waals surface area contributed by atoms with Crippen LogP contribution < -0.4 is 0 Å². The molecule has 0 spiro atoms. The van der Waals surface area contributed by atoms with Crippen LogP contribution in [0.15, 0.2) is 29.2 Å². The van der Waals surface area contributed by atoms with Crippen LogP contribution in [0.4, 0.5) is 0 Å². The molecule has 2 saturated heterocycles. The van der Waals surface area contributed by atoms with Crippen LogP contribution in [0.1, 0.15) is 30.1 Å². The zero-order chi connectivity index (χ0) is 17.9. The van der Waals surface area contributed by atoms with E-state index >= 15 is 0 Å². The highest BCUT2D eigenvalue weighted by Gasteiger charge is 2.31. The van der Waals surface area contributed by atoms with Crippen LogP contribution in [0.3, 0.4) is 0 Å². The summed E-state index contributed by atoms with van der Waals surface area (Å²) in [7, 11) is -2.82. The maximum absolute atomic E-state index is 12.9. The van der Waals surface area contributed by atoms with E-state index in [1.807, 2.05) is 29.2 Å². The number of carbonyl (C=O) groups excluding carboxylic acids is 1. The van der Waals surface area contributed by atoms with E-state index in [0.29, 0.717) is 30.6 Å². The summed E-state index contributed by atoms with van der Waals surface area (Å²) in [5.74, 6) is 1.67. The second-order valence-corrected chi connectivity index (χ2v) is 10.2. The molecule has 5 nitrogen and oxygen atoms in total. The van der Waals surface area contributed by atoms with Crippen molar-refractivity contribution in [3.05, 3.63) is 29.8 Å². The zero-order valence-corrected chi connectivity index (χ0v) is 16.3. The lowest BCUT2D eigenvalue weighted by Crippen LogP contribution is -2.53. The molecule has 0 N–H and O–H groups in total. The monoisotopic (exact) mass is 382 g/mol. The molecule has 25 heavy (non-hydrogen) atoms. The number of amides is 1. The van der Waals surface area contributed by atoms with Crippen molar-refractivity contribution >= 4 is 27.5 Å². The molecule has 2 aliphatic rings. The maximum atomic E-state index is 12.9. The van der Waals surface area contributed by atoms with E-state index in [1.165, 1.54) is 0 Å². The second kappa shape index (κ2) is 8.10. The lowest BCUT2D eigenvalue weighted by Gasteiger charge is -2.40. The molecule has 2 aliphatic heterocycles. The van der Waals surface area contributed by atoms with Crippen molar-refractivity contribution in [2.24, 2.45) is 0 Å². The quantitative estimate of drug-likeness (QED) is 0.747. The largest absolute Gasteiger partial charge is 0.336 e. The summed E-state index contributed by atoms with van der Waals surface area (Å²) >= 11 is 1.70. The van der Waals surface area contributed by atoms with E-state index in [0.717, 1.165) is 42.1 Å². The van der Waals surface area contributed by atoms with E-state index in [1.54, 1.807) is 11.8 Å². The Morgan fingerprint density at radius 3 is 2.40 bits per heavy atom. The molecule has 0 aromatic heterocycles. The van der Waals surface area contributed by atoms with Crippen molar-refractivity contribution in [1.82, 2.24) is 9.80 Å². The molecular weight excluding hydrogens is 356 g/mol. The fourth-order valence-electron chi connectivity index (χ4n) is 3.63. The smallest absolute Gasteiger partial charge is 0.255 e. The van der Waals surface area contributed by atoms with Crippen LogP contribution in [0.25, 0.3) is 0 Å². The number of rotatable bonds is 4. The third-order valence-corrected chi connectivity index (χ3v) is 7.73.